The summed E-state index contributed by atoms with van der Waals surface area (Å²) in [4.78, 5) is 26.5. The number of benzene rings is 1. The van der Waals surface area contributed by atoms with Gasteiger partial charge in [0.25, 0.3) is 0 Å². The molecule has 0 radical (unpaired) electrons. The number of anilines is 2. The van der Waals surface area contributed by atoms with Crippen LogP contribution in [0.4, 0.5) is 20.6 Å². The predicted molar refractivity (Wildman–Crippen MR) is 101 cm³/mol. The number of hydrogen-bond acceptors (Lipinski definition) is 5. The summed E-state index contributed by atoms with van der Waals surface area (Å²) in [7, 11) is 1.88. The Bertz CT molecular complexity index is 928. The van der Waals surface area contributed by atoms with E-state index >= 15 is 0 Å². The summed E-state index contributed by atoms with van der Waals surface area (Å²) in [5.41, 5.74) is 3.10. The summed E-state index contributed by atoms with van der Waals surface area (Å²) >= 11 is 0. The van der Waals surface area contributed by atoms with Crippen LogP contribution in [0.5, 0.6) is 0 Å². The number of ether oxygens (including phenoxy) is 1. The maximum absolute atomic E-state index is 14.8. The second-order valence-electron chi connectivity index (χ2n) is 7.14. The molecule has 1 aromatic heterocycles. The lowest BCUT2D eigenvalue weighted by molar-refractivity contribution is -0.119. The molecule has 28 heavy (non-hydrogen) atoms. The highest BCUT2D eigenvalue weighted by molar-refractivity contribution is 5.90. The number of rotatable bonds is 4. The first-order valence-corrected chi connectivity index (χ1v) is 9.19. The number of cyclic esters (lactones) is 1. The van der Waals surface area contributed by atoms with Crippen molar-refractivity contribution in [1.82, 2.24) is 15.1 Å². The average molecular weight is 387 g/mol. The van der Waals surface area contributed by atoms with Gasteiger partial charge in [0, 0.05) is 45.2 Å². The van der Waals surface area contributed by atoms with Gasteiger partial charge in [-0.25, -0.2) is 9.18 Å². The van der Waals surface area contributed by atoms with Crippen molar-refractivity contribution in [2.45, 2.75) is 26.0 Å². The van der Waals surface area contributed by atoms with E-state index < -0.39 is 12.2 Å². The van der Waals surface area contributed by atoms with Crippen LogP contribution in [-0.2, 0) is 29.5 Å². The highest BCUT2D eigenvalue weighted by Gasteiger charge is 2.33. The monoisotopic (exact) mass is 387 g/mol. The zero-order chi connectivity index (χ0) is 19.8. The number of hydrogen-bond donors (Lipinski definition) is 1. The van der Waals surface area contributed by atoms with Crippen molar-refractivity contribution >= 4 is 23.4 Å². The number of aryl methyl sites for hydroxylation is 1. The number of nitrogens with zero attached hydrogens (tertiary/aromatic N) is 4. The molecule has 3 heterocycles. The third-order valence-corrected chi connectivity index (χ3v) is 5.01. The maximum atomic E-state index is 14.8. The Morgan fingerprint density at radius 1 is 1.43 bits per heavy atom. The van der Waals surface area contributed by atoms with Crippen molar-refractivity contribution in [2.75, 3.05) is 29.4 Å². The van der Waals surface area contributed by atoms with Crippen molar-refractivity contribution in [3.05, 3.63) is 41.5 Å². The molecule has 148 valence electrons. The third-order valence-electron chi connectivity index (χ3n) is 5.01. The molecule has 0 unspecified atom stereocenters. The molecule has 0 saturated carbocycles. The van der Waals surface area contributed by atoms with Gasteiger partial charge in [-0.05, 0) is 18.2 Å². The molecule has 2 aliphatic rings. The van der Waals surface area contributed by atoms with Crippen LogP contribution in [0.1, 0.15) is 18.2 Å². The molecule has 1 N–H and O–H groups in total. The zero-order valence-electron chi connectivity index (χ0n) is 15.8. The lowest BCUT2D eigenvalue weighted by Crippen LogP contribution is -2.33. The van der Waals surface area contributed by atoms with E-state index in [4.69, 9.17) is 4.74 Å². The molecule has 1 saturated heterocycles. The van der Waals surface area contributed by atoms with Gasteiger partial charge in [-0.3, -0.25) is 14.4 Å². The Labute approximate surface area is 161 Å². The highest BCUT2D eigenvalue weighted by atomic mass is 19.1. The lowest BCUT2D eigenvalue weighted by Gasteiger charge is -2.29. The SMILES string of the molecule is CC(=O)NC[C@H]1CN(c2ccc(N3CCc4nn(C)cc4C3)c(F)c2)C(=O)O1. The first kappa shape index (κ1) is 18.3. The summed E-state index contributed by atoms with van der Waals surface area (Å²) in [5.74, 6) is -0.578. The van der Waals surface area contributed by atoms with Crippen LogP contribution in [0, 0.1) is 5.82 Å². The molecule has 4 rings (SSSR count). The molecular formula is C19H22FN5O3. The van der Waals surface area contributed by atoms with Gasteiger partial charge >= 0.3 is 6.09 Å². The maximum Gasteiger partial charge on any atom is 0.414 e. The molecule has 1 aromatic carbocycles. The molecule has 2 aromatic rings. The zero-order valence-corrected chi connectivity index (χ0v) is 15.8. The number of halogens is 1. The summed E-state index contributed by atoms with van der Waals surface area (Å²) in [6, 6.07) is 4.77. The van der Waals surface area contributed by atoms with E-state index in [1.54, 1.807) is 16.8 Å². The normalized spacial score (nSPS) is 18.8. The van der Waals surface area contributed by atoms with Gasteiger partial charge in [0.15, 0.2) is 0 Å². The van der Waals surface area contributed by atoms with Crippen molar-refractivity contribution < 1.29 is 18.7 Å². The van der Waals surface area contributed by atoms with E-state index in [2.05, 4.69) is 10.4 Å². The fraction of sp³-hybridized carbons (Fsp3) is 0.421. The minimum absolute atomic E-state index is 0.191. The summed E-state index contributed by atoms with van der Waals surface area (Å²) < 4.78 is 21.9. The molecule has 1 atom stereocenters. The van der Waals surface area contributed by atoms with Crippen LogP contribution in [0.3, 0.4) is 0 Å². The number of carbonyl (C=O) groups is 2. The molecule has 2 aliphatic heterocycles. The van der Waals surface area contributed by atoms with Gasteiger partial charge in [0.1, 0.15) is 11.9 Å². The molecular weight excluding hydrogens is 365 g/mol. The third kappa shape index (κ3) is 3.51. The van der Waals surface area contributed by atoms with Gasteiger partial charge in [0.2, 0.25) is 5.91 Å². The van der Waals surface area contributed by atoms with Crippen LogP contribution in [0.25, 0.3) is 0 Å². The van der Waals surface area contributed by atoms with E-state index in [0.717, 1.165) is 17.7 Å². The molecule has 0 bridgehead atoms. The Kier molecular flexibility index (Phi) is 4.66. The molecule has 1 fully saturated rings. The number of aromatic nitrogens is 2. The second-order valence-corrected chi connectivity index (χ2v) is 7.14. The summed E-state index contributed by atoms with van der Waals surface area (Å²) in [5, 5.41) is 7.04. The first-order chi connectivity index (χ1) is 13.4. The van der Waals surface area contributed by atoms with Crippen LogP contribution < -0.4 is 15.1 Å². The smallest absolute Gasteiger partial charge is 0.414 e. The second kappa shape index (κ2) is 7.14. The fourth-order valence-corrected chi connectivity index (χ4v) is 3.67. The first-order valence-electron chi connectivity index (χ1n) is 9.19. The minimum Gasteiger partial charge on any atom is -0.442 e. The van der Waals surface area contributed by atoms with E-state index in [1.165, 1.54) is 17.9 Å². The molecule has 0 spiro atoms. The van der Waals surface area contributed by atoms with E-state index in [-0.39, 0.29) is 24.8 Å². The molecule has 9 heteroatoms. The average Bonchev–Trinajstić information content (AvgIpc) is 3.20. The minimum atomic E-state index is -0.541. The number of fused-ring (bicyclic) bond motifs is 1. The lowest BCUT2D eigenvalue weighted by atomic mass is 10.1. The van der Waals surface area contributed by atoms with Gasteiger partial charge in [-0.15, -0.1) is 0 Å². The Morgan fingerprint density at radius 3 is 3.00 bits per heavy atom. The van der Waals surface area contributed by atoms with E-state index in [9.17, 15) is 14.0 Å². The number of nitrogens with one attached hydrogen (secondary N) is 1. The van der Waals surface area contributed by atoms with Gasteiger partial charge in [-0.1, -0.05) is 0 Å². The van der Waals surface area contributed by atoms with Crippen molar-refractivity contribution in [3.8, 4) is 0 Å². The molecule has 8 nitrogen and oxygen atoms in total. The van der Waals surface area contributed by atoms with Crippen LogP contribution in [0.15, 0.2) is 24.4 Å². The quantitative estimate of drug-likeness (QED) is 0.862. The Morgan fingerprint density at radius 2 is 2.25 bits per heavy atom. The summed E-state index contributed by atoms with van der Waals surface area (Å²) in [6.07, 6.45) is 1.73. The number of amides is 2. The topological polar surface area (TPSA) is 79.7 Å². The van der Waals surface area contributed by atoms with Crippen molar-refractivity contribution in [1.29, 1.82) is 0 Å². The van der Waals surface area contributed by atoms with Gasteiger partial charge < -0.3 is 15.0 Å². The largest absolute Gasteiger partial charge is 0.442 e. The predicted octanol–water partition coefficient (Wildman–Crippen LogP) is 1.58. The van der Waals surface area contributed by atoms with Crippen molar-refractivity contribution in [3.63, 3.8) is 0 Å². The van der Waals surface area contributed by atoms with E-state index in [0.29, 0.717) is 24.5 Å². The molecule has 0 aliphatic carbocycles. The van der Waals surface area contributed by atoms with Gasteiger partial charge in [0.05, 0.1) is 30.2 Å². The van der Waals surface area contributed by atoms with Crippen molar-refractivity contribution in [2.24, 2.45) is 7.05 Å². The highest BCUT2D eigenvalue weighted by Crippen LogP contribution is 2.30. The van der Waals surface area contributed by atoms with Crippen LogP contribution in [0.2, 0.25) is 0 Å². The number of carbonyl (C=O) groups excluding carboxylic acids is 2. The standard InChI is InChI=1S/C19H22FN5O3/c1-12(26)21-8-15-11-25(19(27)28-15)14-3-4-18(16(20)7-14)24-6-5-17-13(10-24)9-23(2)22-17/h3-4,7,9,15H,5-6,8,10-11H2,1-2H3,(H,21,26)/t15-/m0/s1. The Hall–Kier alpha value is -3.10. The summed E-state index contributed by atoms with van der Waals surface area (Å²) in [6.45, 7) is 3.19. The van der Waals surface area contributed by atoms with Crippen LogP contribution in [-0.4, -0.2) is 47.5 Å². The molecule has 2 amide bonds. The van der Waals surface area contributed by atoms with Gasteiger partial charge in [-0.2, -0.15) is 5.10 Å². The fourth-order valence-electron chi connectivity index (χ4n) is 3.67. The van der Waals surface area contributed by atoms with E-state index in [1.807, 2.05) is 18.1 Å². The Balaban J connectivity index is 1.48. The van der Waals surface area contributed by atoms with Crippen LogP contribution >= 0.6 is 0 Å².